The zero-order valence-electron chi connectivity index (χ0n) is 10.3. The van der Waals surface area contributed by atoms with Crippen LogP contribution in [0.1, 0.15) is 32.1 Å². The fourth-order valence-electron chi connectivity index (χ4n) is 3.60. The van der Waals surface area contributed by atoms with Crippen molar-refractivity contribution < 1.29 is 0 Å². The molecule has 0 radical (unpaired) electrons. The molecule has 2 heterocycles. The molecule has 1 unspecified atom stereocenters. The molecule has 0 aromatic heterocycles. The van der Waals surface area contributed by atoms with Gasteiger partial charge in [-0.15, -0.1) is 0 Å². The number of fused-ring (bicyclic) bond motifs is 4. The first-order valence-electron chi connectivity index (χ1n) is 6.67. The van der Waals surface area contributed by atoms with Gasteiger partial charge in [-0.3, -0.25) is 0 Å². The Morgan fingerprint density at radius 2 is 2.06 bits per heavy atom. The average Bonchev–Trinajstić information content (AvgIpc) is 2.88. The Bertz CT molecular complexity index is 493. The van der Waals surface area contributed by atoms with Crippen molar-refractivity contribution in [1.82, 2.24) is 9.80 Å². The molecule has 0 aromatic rings. The first kappa shape index (κ1) is 9.58. The molecule has 17 heavy (non-hydrogen) atoms. The van der Waals surface area contributed by atoms with E-state index >= 15 is 0 Å². The number of nitrogens with zero attached hydrogens (tertiary/aromatic N) is 2. The topological polar surface area (TPSA) is 6.48 Å². The minimum Gasteiger partial charge on any atom is -0.355 e. The predicted molar refractivity (Wildman–Crippen MR) is 68.8 cm³/mol. The summed E-state index contributed by atoms with van der Waals surface area (Å²) >= 11 is 0. The molecule has 0 aromatic carbocycles. The Morgan fingerprint density at radius 3 is 3.00 bits per heavy atom. The van der Waals surface area contributed by atoms with E-state index in [0.717, 1.165) is 0 Å². The molecule has 2 aliphatic carbocycles. The van der Waals surface area contributed by atoms with Crippen LogP contribution >= 0.6 is 0 Å². The van der Waals surface area contributed by atoms with Gasteiger partial charge in [0.2, 0.25) is 0 Å². The molecule has 2 nitrogen and oxygen atoms in total. The van der Waals surface area contributed by atoms with E-state index in [2.05, 4.69) is 41.2 Å². The van der Waals surface area contributed by atoms with Crippen molar-refractivity contribution in [2.45, 2.75) is 38.3 Å². The van der Waals surface area contributed by atoms with E-state index in [1.165, 1.54) is 43.5 Å². The third-order valence-corrected chi connectivity index (χ3v) is 4.44. The van der Waals surface area contributed by atoms with Crippen LogP contribution in [0.3, 0.4) is 0 Å². The normalized spacial score (nSPS) is 30.1. The van der Waals surface area contributed by atoms with Crippen LogP contribution in [0.15, 0.2) is 47.0 Å². The lowest BCUT2D eigenvalue weighted by atomic mass is 10.0. The highest BCUT2D eigenvalue weighted by Gasteiger charge is 2.43. The summed E-state index contributed by atoms with van der Waals surface area (Å²) in [6.45, 7) is 0. The third kappa shape index (κ3) is 1.16. The highest BCUT2D eigenvalue weighted by Crippen LogP contribution is 2.47. The summed E-state index contributed by atoms with van der Waals surface area (Å²) in [6.07, 6.45) is 16.1. The summed E-state index contributed by atoms with van der Waals surface area (Å²) in [7, 11) is 2.26. The molecular formula is C15H18N2. The maximum atomic E-state index is 2.57. The second-order valence-electron chi connectivity index (χ2n) is 5.33. The molecule has 1 atom stereocenters. The van der Waals surface area contributed by atoms with Crippen molar-refractivity contribution in [2.75, 3.05) is 7.05 Å². The lowest BCUT2D eigenvalue weighted by molar-refractivity contribution is 0.226. The molecule has 4 rings (SSSR count). The molecule has 1 saturated heterocycles. The largest absolute Gasteiger partial charge is 0.355 e. The monoisotopic (exact) mass is 226 g/mol. The Morgan fingerprint density at radius 1 is 1.18 bits per heavy atom. The van der Waals surface area contributed by atoms with Crippen LogP contribution in [-0.4, -0.2) is 23.0 Å². The Kier molecular flexibility index (Phi) is 1.85. The van der Waals surface area contributed by atoms with E-state index in [1.54, 1.807) is 11.3 Å². The van der Waals surface area contributed by atoms with Crippen molar-refractivity contribution in [2.24, 2.45) is 0 Å². The molecule has 4 aliphatic rings. The van der Waals surface area contributed by atoms with Gasteiger partial charge >= 0.3 is 0 Å². The number of hydrogen-bond donors (Lipinski definition) is 0. The van der Waals surface area contributed by atoms with E-state index in [0.29, 0.717) is 6.17 Å². The molecule has 0 spiro atoms. The van der Waals surface area contributed by atoms with Gasteiger partial charge in [0, 0.05) is 24.9 Å². The van der Waals surface area contributed by atoms with E-state index in [-0.39, 0.29) is 0 Å². The second kappa shape index (κ2) is 3.28. The minimum atomic E-state index is 0.554. The first-order chi connectivity index (χ1) is 8.36. The number of hydrogen-bond acceptors (Lipinski definition) is 2. The molecule has 0 saturated carbocycles. The van der Waals surface area contributed by atoms with Crippen molar-refractivity contribution in [3.8, 4) is 0 Å². The Labute approximate surface area is 103 Å². The summed E-state index contributed by atoms with van der Waals surface area (Å²) in [5, 5.41) is 0. The lowest BCUT2D eigenvalue weighted by Crippen LogP contribution is -2.32. The summed E-state index contributed by atoms with van der Waals surface area (Å²) in [5.74, 6) is 0. The predicted octanol–water partition coefficient (Wildman–Crippen LogP) is 3.13. The van der Waals surface area contributed by atoms with Crippen molar-refractivity contribution in [3.05, 3.63) is 47.0 Å². The van der Waals surface area contributed by atoms with E-state index in [4.69, 9.17) is 0 Å². The highest BCUT2D eigenvalue weighted by molar-refractivity contribution is 5.48. The van der Waals surface area contributed by atoms with Crippen molar-refractivity contribution in [1.29, 1.82) is 0 Å². The molecule has 2 heteroatoms. The van der Waals surface area contributed by atoms with Gasteiger partial charge < -0.3 is 9.80 Å². The SMILES string of the molecule is CN1C2=C(C=CCC2)N2C3=CCCC=C3CC12. The van der Waals surface area contributed by atoms with Gasteiger partial charge in [0.05, 0.1) is 5.70 Å². The van der Waals surface area contributed by atoms with Gasteiger partial charge in [-0.1, -0.05) is 18.2 Å². The minimum absolute atomic E-state index is 0.554. The average molecular weight is 226 g/mol. The fourth-order valence-corrected chi connectivity index (χ4v) is 3.60. The smallest absolute Gasteiger partial charge is 0.110 e. The maximum absolute atomic E-state index is 2.57. The van der Waals surface area contributed by atoms with Crippen LogP contribution in [0.4, 0.5) is 0 Å². The zero-order valence-corrected chi connectivity index (χ0v) is 10.3. The summed E-state index contributed by atoms with van der Waals surface area (Å²) in [5.41, 5.74) is 6.06. The number of allylic oxidation sites excluding steroid dienone is 6. The van der Waals surface area contributed by atoms with Gasteiger partial charge in [0.1, 0.15) is 6.17 Å². The Balaban J connectivity index is 1.83. The lowest BCUT2D eigenvalue weighted by Gasteiger charge is -2.25. The van der Waals surface area contributed by atoms with Crippen LogP contribution in [0, 0.1) is 0 Å². The second-order valence-corrected chi connectivity index (χ2v) is 5.33. The van der Waals surface area contributed by atoms with Crippen LogP contribution in [-0.2, 0) is 0 Å². The van der Waals surface area contributed by atoms with Crippen LogP contribution in [0.5, 0.6) is 0 Å². The molecule has 88 valence electrons. The van der Waals surface area contributed by atoms with E-state index < -0.39 is 0 Å². The zero-order chi connectivity index (χ0) is 11.4. The summed E-state index contributed by atoms with van der Waals surface area (Å²) in [4.78, 5) is 5.06. The summed E-state index contributed by atoms with van der Waals surface area (Å²) < 4.78 is 0. The van der Waals surface area contributed by atoms with Crippen LogP contribution < -0.4 is 0 Å². The van der Waals surface area contributed by atoms with Crippen molar-refractivity contribution >= 4 is 0 Å². The fraction of sp³-hybridized carbons (Fsp3) is 0.467. The van der Waals surface area contributed by atoms with Gasteiger partial charge in [0.25, 0.3) is 0 Å². The summed E-state index contributed by atoms with van der Waals surface area (Å²) in [6, 6.07) is 0. The van der Waals surface area contributed by atoms with Crippen molar-refractivity contribution in [3.63, 3.8) is 0 Å². The van der Waals surface area contributed by atoms with Gasteiger partial charge in [0.15, 0.2) is 0 Å². The quantitative estimate of drug-likeness (QED) is 0.626. The third-order valence-electron chi connectivity index (χ3n) is 4.44. The first-order valence-corrected chi connectivity index (χ1v) is 6.67. The van der Waals surface area contributed by atoms with Crippen LogP contribution in [0.2, 0.25) is 0 Å². The maximum Gasteiger partial charge on any atom is 0.110 e. The van der Waals surface area contributed by atoms with E-state index in [1.807, 2.05) is 0 Å². The molecular weight excluding hydrogens is 208 g/mol. The molecule has 0 amide bonds. The highest BCUT2D eigenvalue weighted by atomic mass is 15.4. The van der Waals surface area contributed by atoms with Gasteiger partial charge in [-0.2, -0.15) is 0 Å². The molecule has 2 aliphatic heterocycles. The van der Waals surface area contributed by atoms with Gasteiger partial charge in [-0.25, -0.2) is 0 Å². The van der Waals surface area contributed by atoms with Crippen LogP contribution in [0.25, 0.3) is 0 Å². The standard InChI is InChI=1S/C15H18N2/c1-16-13-8-4-5-9-14(13)17-12-7-3-2-6-11(12)10-15(16)17/h5-7,9,15H,2-4,8,10H2,1H3. The van der Waals surface area contributed by atoms with E-state index in [9.17, 15) is 0 Å². The van der Waals surface area contributed by atoms with Gasteiger partial charge in [-0.05, 0) is 37.3 Å². The Hall–Kier alpha value is -1.44. The molecule has 1 fully saturated rings. The molecule has 0 bridgehead atoms. The molecule has 0 N–H and O–H groups in total. The number of rotatable bonds is 0.